The molecule has 0 bridgehead atoms. The van der Waals surface area contributed by atoms with Crippen molar-refractivity contribution < 1.29 is 13.9 Å². The Morgan fingerprint density at radius 1 is 1.44 bits per heavy atom. The topological polar surface area (TPSA) is 54.7 Å². The Kier molecular flexibility index (Phi) is 5.22. The Morgan fingerprint density at radius 3 is 2.89 bits per heavy atom. The highest BCUT2D eigenvalue weighted by atomic mass is 79.9. The summed E-state index contributed by atoms with van der Waals surface area (Å²) in [5, 5.41) is 3.20. The van der Waals surface area contributed by atoms with Crippen LogP contribution in [0.25, 0.3) is 0 Å². The molecule has 1 N–H and O–H groups in total. The fourth-order valence-electron chi connectivity index (χ4n) is 1.82. The highest BCUT2D eigenvalue weighted by Gasteiger charge is 2.15. The lowest BCUT2D eigenvalue weighted by molar-refractivity contribution is -0.135. The average molecular weight is 317 g/mol. The molecule has 0 spiro atoms. The highest BCUT2D eigenvalue weighted by Crippen LogP contribution is 2.16. The maximum absolute atomic E-state index is 11.8. The van der Waals surface area contributed by atoms with Crippen LogP contribution in [0.15, 0.2) is 21.2 Å². The SMILES string of the molecule is O=C(CCNCc1occc1Br)N1CCOCC1. The van der Waals surface area contributed by atoms with Gasteiger partial charge in [0.15, 0.2) is 0 Å². The number of carbonyl (C=O) groups excluding carboxylic acids is 1. The van der Waals surface area contributed by atoms with E-state index in [1.54, 1.807) is 6.26 Å². The molecule has 5 nitrogen and oxygen atoms in total. The Hall–Kier alpha value is -0.850. The molecule has 0 unspecified atom stereocenters. The minimum atomic E-state index is 0.185. The number of hydrogen-bond acceptors (Lipinski definition) is 4. The van der Waals surface area contributed by atoms with E-state index in [4.69, 9.17) is 9.15 Å². The molecule has 1 saturated heterocycles. The minimum absolute atomic E-state index is 0.185. The van der Waals surface area contributed by atoms with Crippen LogP contribution in [-0.2, 0) is 16.1 Å². The first-order valence-corrected chi connectivity index (χ1v) is 6.85. The minimum Gasteiger partial charge on any atom is -0.467 e. The van der Waals surface area contributed by atoms with Crippen LogP contribution in [0.4, 0.5) is 0 Å². The highest BCUT2D eigenvalue weighted by molar-refractivity contribution is 9.10. The van der Waals surface area contributed by atoms with E-state index in [0.717, 1.165) is 10.2 Å². The van der Waals surface area contributed by atoms with Gasteiger partial charge in [0.05, 0.1) is 30.5 Å². The van der Waals surface area contributed by atoms with Crippen LogP contribution in [-0.4, -0.2) is 43.7 Å². The summed E-state index contributed by atoms with van der Waals surface area (Å²) in [5.41, 5.74) is 0. The average Bonchev–Trinajstić information content (AvgIpc) is 2.81. The number of morpholine rings is 1. The van der Waals surface area contributed by atoms with Gasteiger partial charge in [-0.25, -0.2) is 0 Å². The van der Waals surface area contributed by atoms with Crippen molar-refractivity contribution in [2.45, 2.75) is 13.0 Å². The summed E-state index contributed by atoms with van der Waals surface area (Å²) in [4.78, 5) is 13.7. The third-order valence-corrected chi connectivity index (χ3v) is 3.56. The van der Waals surface area contributed by atoms with Crippen molar-refractivity contribution in [2.24, 2.45) is 0 Å². The normalized spacial score (nSPS) is 15.9. The molecule has 6 heteroatoms. The number of hydrogen-bond donors (Lipinski definition) is 1. The van der Waals surface area contributed by atoms with Crippen molar-refractivity contribution in [2.75, 3.05) is 32.8 Å². The lowest BCUT2D eigenvalue weighted by atomic mass is 10.3. The summed E-state index contributed by atoms with van der Waals surface area (Å²) in [6.45, 7) is 4.01. The second kappa shape index (κ2) is 6.92. The molecule has 1 amide bonds. The molecule has 0 radical (unpaired) electrons. The van der Waals surface area contributed by atoms with E-state index < -0.39 is 0 Å². The number of halogens is 1. The third-order valence-electron chi connectivity index (χ3n) is 2.86. The first-order valence-electron chi connectivity index (χ1n) is 6.05. The summed E-state index contributed by atoms with van der Waals surface area (Å²) in [6, 6.07) is 1.86. The van der Waals surface area contributed by atoms with Crippen LogP contribution in [0.5, 0.6) is 0 Å². The number of rotatable bonds is 5. The number of furan rings is 1. The van der Waals surface area contributed by atoms with Gasteiger partial charge in [-0.05, 0) is 22.0 Å². The van der Waals surface area contributed by atoms with Gasteiger partial charge < -0.3 is 19.4 Å². The summed E-state index contributed by atoms with van der Waals surface area (Å²) >= 11 is 3.39. The first kappa shape index (κ1) is 13.6. The van der Waals surface area contributed by atoms with Gasteiger partial charge in [-0.1, -0.05) is 0 Å². The Bertz CT molecular complexity index is 388. The molecule has 1 aliphatic rings. The van der Waals surface area contributed by atoms with Gasteiger partial charge in [0.2, 0.25) is 5.91 Å². The summed E-state index contributed by atoms with van der Waals surface area (Å²) in [6.07, 6.45) is 2.15. The molecule has 0 atom stereocenters. The molecule has 0 saturated carbocycles. The molecule has 2 rings (SSSR count). The van der Waals surface area contributed by atoms with Crippen molar-refractivity contribution in [3.05, 3.63) is 22.6 Å². The molecule has 1 aromatic heterocycles. The number of nitrogens with one attached hydrogen (secondary N) is 1. The molecular weight excluding hydrogens is 300 g/mol. The van der Waals surface area contributed by atoms with Gasteiger partial charge >= 0.3 is 0 Å². The van der Waals surface area contributed by atoms with E-state index in [9.17, 15) is 4.79 Å². The van der Waals surface area contributed by atoms with Crippen LogP contribution in [0.1, 0.15) is 12.2 Å². The molecule has 1 fully saturated rings. The number of ether oxygens (including phenoxy) is 1. The quantitative estimate of drug-likeness (QED) is 0.834. The fourth-order valence-corrected chi connectivity index (χ4v) is 2.16. The predicted octanol–water partition coefficient (Wildman–Crippen LogP) is 1.38. The van der Waals surface area contributed by atoms with E-state index in [2.05, 4.69) is 21.2 Å². The van der Waals surface area contributed by atoms with Crippen LogP contribution in [0.3, 0.4) is 0 Å². The third kappa shape index (κ3) is 3.83. The van der Waals surface area contributed by atoms with E-state index in [1.807, 2.05) is 11.0 Å². The maximum atomic E-state index is 11.8. The smallest absolute Gasteiger partial charge is 0.224 e. The van der Waals surface area contributed by atoms with Gasteiger partial charge in [-0.2, -0.15) is 0 Å². The number of carbonyl (C=O) groups is 1. The van der Waals surface area contributed by atoms with Crippen molar-refractivity contribution in [1.29, 1.82) is 0 Å². The molecular formula is C12H17BrN2O3. The second-order valence-corrected chi connectivity index (χ2v) is 4.97. The van der Waals surface area contributed by atoms with E-state index in [-0.39, 0.29) is 5.91 Å². The van der Waals surface area contributed by atoms with Crippen molar-refractivity contribution in [3.8, 4) is 0 Å². The van der Waals surface area contributed by atoms with Crippen LogP contribution in [0.2, 0.25) is 0 Å². The second-order valence-electron chi connectivity index (χ2n) is 4.11. The van der Waals surface area contributed by atoms with E-state index >= 15 is 0 Å². The Labute approximate surface area is 115 Å². The van der Waals surface area contributed by atoms with Crippen molar-refractivity contribution in [3.63, 3.8) is 0 Å². The monoisotopic (exact) mass is 316 g/mol. The lowest BCUT2D eigenvalue weighted by Gasteiger charge is -2.26. The van der Waals surface area contributed by atoms with E-state index in [1.165, 1.54) is 0 Å². The van der Waals surface area contributed by atoms with Crippen LogP contribution in [0, 0.1) is 0 Å². The Balaban J connectivity index is 1.63. The largest absolute Gasteiger partial charge is 0.467 e. The summed E-state index contributed by atoms with van der Waals surface area (Å²) in [7, 11) is 0. The zero-order valence-corrected chi connectivity index (χ0v) is 11.7. The fraction of sp³-hybridized carbons (Fsp3) is 0.583. The lowest BCUT2D eigenvalue weighted by Crippen LogP contribution is -2.41. The summed E-state index contributed by atoms with van der Waals surface area (Å²) < 4.78 is 11.4. The van der Waals surface area contributed by atoms with Gasteiger partial charge in [-0.3, -0.25) is 4.79 Å². The predicted molar refractivity (Wildman–Crippen MR) is 70.1 cm³/mol. The summed E-state index contributed by atoms with van der Waals surface area (Å²) in [5.74, 6) is 1.04. The number of amides is 1. The van der Waals surface area contributed by atoms with Crippen LogP contribution < -0.4 is 5.32 Å². The van der Waals surface area contributed by atoms with Gasteiger partial charge in [0.1, 0.15) is 5.76 Å². The van der Waals surface area contributed by atoms with E-state index in [0.29, 0.717) is 45.8 Å². The van der Waals surface area contributed by atoms with Crippen LogP contribution >= 0.6 is 15.9 Å². The molecule has 100 valence electrons. The molecule has 1 aromatic rings. The number of nitrogens with zero attached hydrogens (tertiary/aromatic N) is 1. The van der Waals surface area contributed by atoms with Crippen molar-refractivity contribution >= 4 is 21.8 Å². The van der Waals surface area contributed by atoms with Crippen molar-refractivity contribution in [1.82, 2.24) is 10.2 Å². The molecule has 0 aromatic carbocycles. The standard InChI is InChI=1S/C12H17BrN2O3/c13-10-2-6-18-11(10)9-14-3-1-12(16)15-4-7-17-8-5-15/h2,6,14H,1,3-5,7-9H2. The molecule has 2 heterocycles. The Morgan fingerprint density at radius 2 is 2.22 bits per heavy atom. The molecule has 0 aliphatic carbocycles. The van der Waals surface area contributed by atoms with Gasteiger partial charge in [0, 0.05) is 26.1 Å². The zero-order chi connectivity index (χ0) is 12.8. The van der Waals surface area contributed by atoms with Gasteiger partial charge in [-0.15, -0.1) is 0 Å². The van der Waals surface area contributed by atoms with Gasteiger partial charge in [0.25, 0.3) is 0 Å². The zero-order valence-electron chi connectivity index (χ0n) is 10.2. The molecule has 1 aliphatic heterocycles. The first-order chi connectivity index (χ1) is 8.77. The maximum Gasteiger partial charge on any atom is 0.224 e. The molecule has 18 heavy (non-hydrogen) atoms.